The van der Waals surface area contributed by atoms with E-state index in [4.69, 9.17) is 27.9 Å². The van der Waals surface area contributed by atoms with Crippen molar-refractivity contribution in [3.8, 4) is 11.8 Å². The van der Waals surface area contributed by atoms with Crippen molar-refractivity contribution >= 4 is 40.9 Å². The van der Waals surface area contributed by atoms with Crippen LogP contribution in [-0.2, 0) is 11.2 Å². The third kappa shape index (κ3) is 6.10. The number of anilines is 1. The van der Waals surface area contributed by atoms with Gasteiger partial charge in [-0.3, -0.25) is 4.79 Å². The van der Waals surface area contributed by atoms with E-state index in [1.54, 1.807) is 30.3 Å². The summed E-state index contributed by atoms with van der Waals surface area (Å²) in [6.07, 6.45) is 1.96. The van der Waals surface area contributed by atoms with Crippen molar-refractivity contribution in [2.75, 3.05) is 11.9 Å². The van der Waals surface area contributed by atoms with Gasteiger partial charge in [0.15, 0.2) is 0 Å². The Morgan fingerprint density at radius 1 is 1.12 bits per heavy atom. The van der Waals surface area contributed by atoms with Gasteiger partial charge in [-0.15, -0.1) is 0 Å². The number of ether oxygens (including phenoxy) is 1. The van der Waals surface area contributed by atoms with E-state index in [1.807, 2.05) is 25.1 Å². The van der Waals surface area contributed by atoms with Gasteiger partial charge in [-0.05, 0) is 66.1 Å². The van der Waals surface area contributed by atoms with Gasteiger partial charge >= 0.3 is 0 Å². The molecule has 0 aliphatic rings. The number of halogens is 3. The summed E-state index contributed by atoms with van der Waals surface area (Å²) in [5, 5.41) is 12.8. The minimum Gasteiger partial charge on any atom is -0.494 e. The molecule has 0 radical (unpaired) electrons. The highest BCUT2D eigenvalue weighted by Gasteiger charge is 2.12. The molecule has 0 saturated heterocycles. The topological polar surface area (TPSA) is 62.1 Å². The van der Waals surface area contributed by atoms with Gasteiger partial charge in [-0.2, -0.15) is 5.26 Å². The normalized spacial score (nSPS) is 11.0. The van der Waals surface area contributed by atoms with E-state index in [1.165, 1.54) is 24.3 Å². The fraction of sp³-hybridized carbons (Fsp3) is 0.120. The summed E-state index contributed by atoms with van der Waals surface area (Å²) in [5.41, 5.74) is 2.64. The molecule has 3 aromatic carbocycles. The van der Waals surface area contributed by atoms with Crippen LogP contribution < -0.4 is 10.1 Å². The van der Waals surface area contributed by atoms with Gasteiger partial charge in [0.2, 0.25) is 0 Å². The monoisotopic (exact) mass is 468 g/mol. The number of benzene rings is 3. The van der Waals surface area contributed by atoms with Crippen LogP contribution in [0.5, 0.6) is 5.75 Å². The van der Waals surface area contributed by atoms with Crippen LogP contribution in [0.4, 0.5) is 10.1 Å². The first-order chi connectivity index (χ1) is 15.4. The Kier molecular flexibility index (Phi) is 7.88. The summed E-state index contributed by atoms with van der Waals surface area (Å²) >= 11 is 11.9. The second-order valence-corrected chi connectivity index (χ2v) is 7.67. The van der Waals surface area contributed by atoms with E-state index in [-0.39, 0.29) is 11.4 Å². The first-order valence-electron chi connectivity index (χ1n) is 9.78. The third-order valence-corrected chi connectivity index (χ3v) is 5.27. The second kappa shape index (κ2) is 10.8. The average Bonchev–Trinajstić information content (AvgIpc) is 2.76. The lowest BCUT2D eigenvalue weighted by molar-refractivity contribution is -0.112. The maximum Gasteiger partial charge on any atom is 0.266 e. The Bertz CT molecular complexity index is 1220. The molecule has 3 rings (SSSR count). The molecule has 162 valence electrons. The molecule has 0 aliphatic heterocycles. The highest BCUT2D eigenvalue weighted by Crippen LogP contribution is 2.27. The Labute approximate surface area is 195 Å². The minimum absolute atomic E-state index is 0.0867. The first kappa shape index (κ1) is 23.3. The second-order valence-electron chi connectivity index (χ2n) is 6.86. The van der Waals surface area contributed by atoms with Gasteiger partial charge < -0.3 is 10.1 Å². The Morgan fingerprint density at radius 3 is 2.62 bits per heavy atom. The van der Waals surface area contributed by atoms with Crippen LogP contribution in [0.15, 0.2) is 66.2 Å². The van der Waals surface area contributed by atoms with Crippen LogP contribution in [-0.4, -0.2) is 12.5 Å². The van der Waals surface area contributed by atoms with Crippen LogP contribution in [0.2, 0.25) is 10.0 Å². The average molecular weight is 469 g/mol. The molecule has 0 aliphatic carbocycles. The van der Waals surface area contributed by atoms with E-state index >= 15 is 0 Å². The number of hydrogen-bond acceptors (Lipinski definition) is 3. The van der Waals surface area contributed by atoms with Crippen molar-refractivity contribution in [2.24, 2.45) is 0 Å². The maximum atomic E-state index is 13.5. The predicted molar refractivity (Wildman–Crippen MR) is 125 cm³/mol. The lowest BCUT2D eigenvalue weighted by Crippen LogP contribution is -2.13. The summed E-state index contributed by atoms with van der Waals surface area (Å²) in [6.45, 7) is 2.30. The lowest BCUT2D eigenvalue weighted by atomic mass is 10.0. The van der Waals surface area contributed by atoms with Gasteiger partial charge in [-0.1, -0.05) is 47.5 Å². The standard InChI is InChI=1S/C25H19Cl2FN2O2/c1-2-32-24-13-17(6-7-18(24)10-16-4-3-5-20(28)12-16)11-19(15-29)25(31)30-21-8-9-22(26)23(27)14-21/h3-9,11-14H,2,10H2,1H3,(H,30,31)/b19-11+. The molecule has 0 aromatic heterocycles. The maximum absolute atomic E-state index is 13.5. The fourth-order valence-corrected chi connectivity index (χ4v) is 3.35. The van der Waals surface area contributed by atoms with Crippen molar-refractivity contribution in [1.29, 1.82) is 5.26 Å². The predicted octanol–water partition coefficient (Wildman–Crippen LogP) is 6.67. The summed E-state index contributed by atoms with van der Waals surface area (Å²) in [5.74, 6) is -0.271. The Morgan fingerprint density at radius 2 is 1.94 bits per heavy atom. The third-order valence-electron chi connectivity index (χ3n) is 4.53. The number of nitriles is 1. The van der Waals surface area contributed by atoms with Gasteiger partial charge in [-0.25, -0.2) is 4.39 Å². The van der Waals surface area contributed by atoms with Crippen LogP contribution in [0.1, 0.15) is 23.6 Å². The first-order valence-corrected chi connectivity index (χ1v) is 10.5. The largest absolute Gasteiger partial charge is 0.494 e. The smallest absolute Gasteiger partial charge is 0.266 e. The van der Waals surface area contributed by atoms with E-state index in [9.17, 15) is 14.4 Å². The minimum atomic E-state index is -0.576. The SMILES string of the molecule is CCOc1cc(/C=C(\C#N)C(=O)Nc2ccc(Cl)c(Cl)c2)ccc1Cc1cccc(F)c1. The molecule has 1 amide bonds. The number of nitrogens with zero attached hydrogens (tertiary/aromatic N) is 1. The molecule has 0 bridgehead atoms. The molecule has 0 saturated carbocycles. The summed E-state index contributed by atoms with van der Waals surface area (Å²) < 4.78 is 19.3. The van der Waals surface area contributed by atoms with E-state index in [2.05, 4.69) is 5.32 Å². The molecular formula is C25H19Cl2FN2O2. The van der Waals surface area contributed by atoms with Gasteiger partial charge in [0, 0.05) is 12.1 Å². The van der Waals surface area contributed by atoms with Gasteiger partial charge in [0.05, 0.1) is 16.7 Å². The van der Waals surface area contributed by atoms with Crippen LogP contribution in [0.3, 0.4) is 0 Å². The van der Waals surface area contributed by atoms with Gasteiger partial charge in [0.25, 0.3) is 5.91 Å². The van der Waals surface area contributed by atoms with Crippen LogP contribution >= 0.6 is 23.2 Å². The Balaban J connectivity index is 1.84. The highest BCUT2D eigenvalue weighted by atomic mass is 35.5. The zero-order chi connectivity index (χ0) is 23.1. The number of carbonyl (C=O) groups is 1. The lowest BCUT2D eigenvalue weighted by Gasteiger charge is -2.12. The molecule has 0 atom stereocenters. The molecule has 0 heterocycles. The highest BCUT2D eigenvalue weighted by molar-refractivity contribution is 6.42. The van der Waals surface area contributed by atoms with E-state index < -0.39 is 5.91 Å². The number of rotatable bonds is 7. The van der Waals surface area contributed by atoms with Crippen LogP contribution in [0.25, 0.3) is 6.08 Å². The molecule has 3 aromatic rings. The summed E-state index contributed by atoms with van der Waals surface area (Å²) in [4.78, 5) is 12.6. The molecule has 1 N–H and O–H groups in total. The number of nitrogens with one attached hydrogen (secondary N) is 1. The van der Waals surface area contributed by atoms with Crippen molar-refractivity contribution < 1.29 is 13.9 Å². The molecule has 4 nitrogen and oxygen atoms in total. The van der Waals surface area contributed by atoms with E-state index in [0.717, 1.165) is 11.1 Å². The molecular weight excluding hydrogens is 450 g/mol. The number of carbonyl (C=O) groups excluding carboxylic acids is 1. The van der Waals surface area contributed by atoms with E-state index in [0.29, 0.717) is 40.1 Å². The molecule has 0 fully saturated rings. The summed E-state index contributed by atoms with van der Waals surface area (Å²) in [7, 11) is 0. The number of hydrogen-bond donors (Lipinski definition) is 1. The summed E-state index contributed by atoms with van der Waals surface area (Å²) in [6, 6.07) is 18.3. The molecule has 7 heteroatoms. The van der Waals surface area contributed by atoms with Crippen molar-refractivity contribution in [1.82, 2.24) is 0 Å². The quantitative estimate of drug-likeness (QED) is 0.311. The van der Waals surface area contributed by atoms with Crippen LogP contribution in [0, 0.1) is 17.1 Å². The van der Waals surface area contributed by atoms with Gasteiger partial charge in [0.1, 0.15) is 23.2 Å². The zero-order valence-electron chi connectivity index (χ0n) is 17.2. The zero-order valence-corrected chi connectivity index (χ0v) is 18.7. The molecule has 0 spiro atoms. The van der Waals surface area contributed by atoms with Crippen molar-refractivity contribution in [2.45, 2.75) is 13.3 Å². The molecule has 0 unspecified atom stereocenters. The Hall–Kier alpha value is -3.33. The fourth-order valence-electron chi connectivity index (χ4n) is 3.05. The van der Waals surface area contributed by atoms with Crippen molar-refractivity contribution in [3.05, 3.63) is 98.8 Å². The number of amides is 1. The molecule has 32 heavy (non-hydrogen) atoms. The van der Waals surface area contributed by atoms with Crippen molar-refractivity contribution in [3.63, 3.8) is 0 Å².